The van der Waals surface area contributed by atoms with Gasteiger partial charge in [-0.3, -0.25) is 0 Å². The van der Waals surface area contributed by atoms with Crippen LogP contribution in [0.2, 0.25) is 0 Å². The lowest BCUT2D eigenvalue weighted by Gasteiger charge is -2.34. The summed E-state index contributed by atoms with van der Waals surface area (Å²) in [6, 6.07) is 0.0232. The summed E-state index contributed by atoms with van der Waals surface area (Å²) in [6.07, 6.45) is 5.33. The van der Waals surface area contributed by atoms with Crippen LogP contribution in [-0.2, 0) is 6.42 Å². The molecule has 0 saturated carbocycles. The predicted octanol–water partition coefficient (Wildman–Crippen LogP) is 1.23. The molecule has 1 atom stereocenters. The van der Waals surface area contributed by atoms with Gasteiger partial charge >= 0.3 is 0 Å². The minimum Gasteiger partial charge on any atom is -0.324 e. The van der Waals surface area contributed by atoms with Crippen molar-refractivity contribution in [2.24, 2.45) is 11.1 Å². The largest absolute Gasteiger partial charge is 0.324 e. The summed E-state index contributed by atoms with van der Waals surface area (Å²) in [4.78, 5) is 8.91. The number of nitrogens with two attached hydrogens (primary N) is 1. The van der Waals surface area contributed by atoms with Gasteiger partial charge < -0.3 is 5.73 Å². The van der Waals surface area contributed by atoms with E-state index in [0.29, 0.717) is 11.5 Å². The van der Waals surface area contributed by atoms with Gasteiger partial charge in [-0.05, 0) is 18.3 Å². The summed E-state index contributed by atoms with van der Waals surface area (Å²) in [7, 11) is 0. The number of rotatable bonds is 1. The quantitative estimate of drug-likeness (QED) is 0.787. The highest BCUT2D eigenvalue weighted by atomic mass is 15.3. The molecule has 1 unspecified atom stereocenters. The van der Waals surface area contributed by atoms with E-state index >= 15 is 0 Å². The van der Waals surface area contributed by atoms with E-state index in [1.165, 1.54) is 0 Å². The number of fused-ring (bicyclic) bond motifs is 1. The average Bonchev–Trinajstić information content (AvgIpc) is 2.79. The highest BCUT2D eigenvalue weighted by molar-refractivity contribution is 5.47. The van der Waals surface area contributed by atoms with Crippen LogP contribution in [0.15, 0.2) is 12.4 Å². The summed E-state index contributed by atoms with van der Waals surface area (Å²) in [5.74, 6) is 0.604. The van der Waals surface area contributed by atoms with E-state index in [0.717, 1.165) is 24.1 Å². The maximum atomic E-state index is 6.18. The van der Waals surface area contributed by atoms with Crippen molar-refractivity contribution < 1.29 is 0 Å². The Kier molecular flexibility index (Phi) is 2.41. The van der Waals surface area contributed by atoms with Crippen LogP contribution in [0.25, 0.3) is 11.5 Å². The SMILES string of the molecule is CC1(C)Cc2nc(-c3cn[nH]n3)ncc2C(N)C1. The molecule has 0 bridgehead atoms. The Morgan fingerprint density at radius 2 is 2.22 bits per heavy atom. The van der Waals surface area contributed by atoms with Crippen LogP contribution >= 0.6 is 0 Å². The molecule has 2 aromatic rings. The Bertz CT molecular complexity index is 560. The second kappa shape index (κ2) is 3.84. The summed E-state index contributed by atoms with van der Waals surface area (Å²) < 4.78 is 0. The van der Waals surface area contributed by atoms with Crippen molar-refractivity contribution in [3.05, 3.63) is 23.7 Å². The Balaban J connectivity index is 2.05. The third-order valence-electron chi connectivity index (χ3n) is 3.36. The number of hydrogen-bond acceptors (Lipinski definition) is 5. The Labute approximate surface area is 105 Å². The molecule has 6 heteroatoms. The number of nitrogens with zero attached hydrogens (tertiary/aromatic N) is 4. The molecular weight excluding hydrogens is 228 g/mol. The third kappa shape index (κ3) is 1.88. The molecule has 3 N–H and O–H groups in total. The monoisotopic (exact) mass is 244 g/mol. The van der Waals surface area contributed by atoms with Crippen molar-refractivity contribution in [3.8, 4) is 11.5 Å². The van der Waals surface area contributed by atoms with Crippen LogP contribution in [-0.4, -0.2) is 25.4 Å². The Morgan fingerprint density at radius 3 is 2.94 bits per heavy atom. The van der Waals surface area contributed by atoms with E-state index in [9.17, 15) is 0 Å². The molecule has 2 aromatic heterocycles. The summed E-state index contributed by atoms with van der Waals surface area (Å²) in [6.45, 7) is 4.43. The number of H-pyrrole nitrogens is 1. The van der Waals surface area contributed by atoms with Gasteiger partial charge in [-0.25, -0.2) is 9.97 Å². The molecule has 0 aliphatic heterocycles. The van der Waals surface area contributed by atoms with Crippen LogP contribution in [0, 0.1) is 5.41 Å². The molecule has 94 valence electrons. The van der Waals surface area contributed by atoms with Crippen molar-refractivity contribution in [1.29, 1.82) is 0 Å². The first kappa shape index (κ1) is 11.3. The average molecular weight is 244 g/mol. The zero-order chi connectivity index (χ0) is 12.8. The lowest BCUT2D eigenvalue weighted by atomic mass is 9.74. The summed E-state index contributed by atoms with van der Waals surface area (Å²) >= 11 is 0. The second-order valence-corrected chi connectivity index (χ2v) is 5.60. The van der Waals surface area contributed by atoms with Crippen molar-refractivity contribution in [2.75, 3.05) is 0 Å². The lowest BCUT2D eigenvalue weighted by Crippen LogP contribution is -2.30. The van der Waals surface area contributed by atoms with Gasteiger partial charge in [-0.2, -0.15) is 15.4 Å². The van der Waals surface area contributed by atoms with Gasteiger partial charge in [0, 0.05) is 23.5 Å². The number of nitrogens with one attached hydrogen (secondary N) is 1. The Morgan fingerprint density at radius 1 is 1.39 bits per heavy atom. The summed E-state index contributed by atoms with van der Waals surface area (Å²) in [5, 5.41) is 10.3. The van der Waals surface area contributed by atoms with Crippen LogP contribution in [0.5, 0.6) is 0 Å². The third-order valence-corrected chi connectivity index (χ3v) is 3.36. The maximum Gasteiger partial charge on any atom is 0.181 e. The van der Waals surface area contributed by atoms with Crippen molar-refractivity contribution in [2.45, 2.75) is 32.7 Å². The molecule has 18 heavy (non-hydrogen) atoms. The van der Waals surface area contributed by atoms with E-state index in [1.807, 2.05) is 6.20 Å². The molecule has 0 amide bonds. The molecule has 1 aliphatic rings. The minimum absolute atomic E-state index is 0.0232. The zero-order valence-electron chi connectivity index (χ0n) is 10.5. The van der Waals surface area contributed by atoms with Gasteiger partial charge in [-0.15, -0.1) is 0 Å². The van der Waals surface area contributed by atoms with E-state index in [2.05, 4.69) is 39.2 Å². The molecule has 0 saturated heterocycles. The molecule has 6 nitrogen and oxygen atoms in total. The predicted molar refractivity (Wildman–Crippen MR) is 66.4 cm³/mol. The zero-order valence-corrected chi connectivity index (χ0v) is 10.5. The summed E-state index contributed by atoms with van der Waals surface area (Å²) in [5.41, 5.74) is 9.11. The van der Waals surface area contributed by atoms with Gasteiger partial charge in [0.05, 0.1) is 6.20 Å². The van der Waals surface area contributed by atoms with Crippen molar-refractivity contribution >= 4 is 0 Å². The second-order valence-electron chi connectivity index (χ2n) is 5.60. The highest BCUT2D eigenvalue weighted by Crippen LogP contribution is 2.38. The highest BCUT2D eigenvalue weighted by Gasteiger charge is 2.31. The fraction of sp³-hybridized carbons (Fsp3) is 0.500. The number of aromatic nitrogens is 5. The van der Waals surface area contributed by atoms with Crippen LogP contribution in [0.3, 0.4) is 0 Å². The molecule has 0 aromatic carbocycles. The van der Waals surface area contributed by atoms with Gasteiger partial charge in [0.25, 0.3) is 0 Å². The molecule has 2 heterocycles. The first-order valence-electron chi connectivity index (χ1n) is 6.03. The number of aromatic amines is 1. The fourth-order valence-electron chi connectivity index (χ4n) is 2.54. The molecule has 0 radical (unpaired) electrons. The van der Waals surface area contributed by atoms with Crippen molar-refractivity contribution in [3.63, 3.8) is 0 Å². The van der Waals surface area contributed by atoms with Crippen LogP contribution < -0.4 is 5.73 Å². The van der Waals surface area contributed by atoms with E-state index < -0.39 is 0 Å². The van der Waals surface area contributed by atoms with E-state index in [-0.39, 0.29) is 11.5 Å². The molecule has 0 fully saturated rings. The van der Waals surface area contributed by atoms with Crippen LogP contribution in [0.1, 0.15) is 37.6 Å². The maximum absolute atomic E-state index is 6.18. The lowest BCUT2D eigenvalue weighted by molar-refractivity contribution is 0.278. The molecular formula is C12H16N6. The van der Waals surface area contributed by atoms with Gasteiger partial charge in [0.2, 0.25) is 0 Å². The van der Waals surface area contributed by atoms with E-state index in [4.69, 9.17) is 5.73 Å². The Hall–Kier alpha value is -1.82. The van der Waals surface area contributed by atoms with Gasteiger partial charge in [0.15, 0.2) is 5.82 Å². The topological polar surface area (TPSA) is 93.4 Å². The molecule has 3 rings (SSSR count). The van der Waals surface area contributed by atoms with Crippen LogP contribution in [0.4, 0.5) is 0 Å². The smallest absolute Gasteiger partial charge is 0.181 e. The standard InChI is InChI=1S/C12H16N6/c1-12(2)3-8(13)7-5-14-11(16-9(7)4-12)10-6-15-18-17-10/h5-6,8H,3-4,13H2,1-2H3,(H,15,17,18). The van der Waals surface area contributed by atoms with Crippen molar-refractivity contribution in [1.82, 2.24) is 25.4 Å². The van der Waals surface area contributed by atoms with Gasteiger partial charge in [-0.1, -0.05) is 13.8 Å². The molecule has 0 spiro atoms. The molecule has 1 aliphatic carbocycles. The fourth-order valence-corrected chi connectivity index (χ4v) is 2.54. The van der Waals surface area contributed by atoms with Gasteiger partial charge in [0.1, 0.15) is 5.69 Å². The first-order valence-corrected chi connectivity index (χ1v) is 6.03. The number of hydrogen-bond donors (Lipinski definition) is 2. The normalized spacial score (nSPS) is 21.6. The first-order chi connectivity index (χ1) is 8.55. The van der Waals surface area contributed by atoms with E-state index in [1.54, 1.807) is 6.20 Å². The minimum atomic E-state index is 0.0232.